The zero-order valence-corrected chi connectivity index (χ0v) is 13.8. The zero-order chi connectivity index (χ0) is 14.4. The highest BCUT2D eigenvalue weighted by Crippen LogP contribution is 2.33. The molecule has 0 saturated heterocycles. The predicted molar refractivity (Wildman–Crippen MR) is 99.0 cm³/mol. The first kappa shape index (κ1) is 12.9. The van der Waals surface area contributed by atoms with Gasteiger partial charge in [0.25, 0.3) is 0 Å². The molecule has 102 valence electrons. The van der Waals surface area contributed by atoms with Crippen molar-refractivity contribution in [2.45, 2.75) is 6.92 Å². The number of aromatic nitrogens is 1. The number of aryl methyl sites for hydroxylation is 1. The molecule has 0 amide bonds. The van der Waals surface area contributed by atoms with Gasteiger partial charge in [0, 0.05) is 10.8 Å². The van der Waals surface area contributed by atoms with Crippen LogP contribution in [-0.4, -0.2) is 2.78 Å². The quantitative estimate of drug-likeness (QED) is 0.357. The van der Waals surface area contributed by atoms with E-state index >= 15 is 0 Å². The van der Waals surface area contributed by atoms with Crippen LogP contribution in [0.5, 0.6) is 0 Å². The van der Waals surface area contributed by atoms with Crippen LogP contribution < -0.4 is 0 Å². The molecule has 1 heterocycles. The number of benzene rings is 3. The van der Waals surface area contributed by atoms with Gasteiger partial charge in [-0.15, -0.1) is 0 Å². The number of hydrogen-bond acceptors (Lipinski definition) is 0. The Morgan fingerprint density at radius 3 is 2.19 bits per heavy atom. The van der Waals surface area contributed by atoms with Crippen LogP contribution in [0.3, 0.4) is 0 Å². The molecule has 4 aromatic rings. The van der Waals surface area contributed by atoms with Crippen molar-refractivity contribution in [2.24, 2.45) is 0 Å². The fraction of sp³-hybridized carbons (Fsp3) is 0.0526. The average molecular weight is 383 g/mol. The van der Waals surface area contributed by atoms with Crippen LogP contribution in [0.15, 0.2) is 66.7 Å². The summed E-state index contributed by atoms with van der Waals surface area (Å²) in [6.07, 6.45) is 0. The van der Waals surface area contributed by atoms with E-state index in [-0.39, 0.29) is 0 Å². The normalized spacial score (nSPS) is 11.3. The van der Waals surface area contributed by atoms with Gasteiger partial charge in [-0.1, -0.05) is 54.1 Å². The minimum atomic E-state index is 1.27. The highest BCUT2D eigenvalue weighted by molar-refractivity contribution is 14.1. The van der Waals surface area contributed by atoms with Gasteiger partial charge in [-0.05, 0) is 36.2 Å². The van der Waals surface area contributed by atoms with Gasteiger partial charge in [-0.3, -0.25) is 2.78 Å². The summed E-state index contributed by atoms with van der Waals surface area (Å²) in [6, 6.07) is 24.0. The summed E-state index contributed by atoms with van der Waals surface area (Å²) in [5, 5.41) is 2.63. The zero-order valence-electron chi connectivity index (χ0n) is 11.7. The van der Waals surface area contributed by atoms with Gasteiger partial charge in [-0.2, -0.15) is 0 Å². The van der Waals surface area contributed by atoms with Gasteiger partial charge >= 0.3 is 0 Å². The molecular weight excluding hydrogens is 369 g/mol. The molecule has 0 fully saturated rings. The van der Waals surface area contributed by atoms with Crippen LogP contribution in [0.4, 0.5) is 0 Å². The van der Waals surface area contributed by atoms with E-state index < -0.39 is 0 Å². The Kier molecular flexibility index (Phi) is 3.00. The van der Waals surface area contributed by atoms with E-state index in [0.717, 1.165) is 0 Å². The van der Waals surface area contributed by atoms with Gasteiger partial charge in [-0.25, -0.2) is 0 Å². The van der Waals surface area contributed by atoms with Gasteiger partial charge in [0.15, 0.2) is 0 Å². The van der Waals surface area contributed by atoms with Gasteiger partial charge in [0.1, 0.15) is 0 Å². The summed E-state index contributed by atoms with van der Waals surface area (Å²) in [5.74, 6) is 0. The summed E-state index contributed by atoms with van der Waals surface area (Å²) >= 11 is 2.38. The Hall–Kier alpha value is -1.81. The molecule has 0 aliphatic rings. The minimum absolute atomic E-state index is 1.27. The third-order valence-electron chi connectivity index (χ3n) is 4.00. The summed E-state index contributed by atoms with van der Waals surface area (Å²) in [7, 11) is 0. The molecule has 3 aromatic carbocycles. The van der Waals surface area contributed by atoms with Crippen LogP contribution in [0.1, 0.15) is 5.56 Å². The molecule has 4 rings (SSSR count). The highest BCUT2D eigenvalue weighted by atomic mass is 127. The summed E-state index contributed by atoms with van der Waals surface area (Å²) in [6.45, 7) is 2.12. The Morgan fingerprint density at radius 2 is 1.38 bits per heavy atom. The molecule has 1 aromatic heterocycles. The van der Waals surface area contributed by atoms with Crippen LogP contribution in [0.25, 0.3) is 32.9 Å². The Bertz CT molecular complexity index is 949. The fourth-order valence-electron chi connectivity index (χ4n) is 2.85. The van der Waals surface area contributed by atoms with E-state index in [1.165, 1.54) is 38.5 Å². The number of hydrogen-bond donors (Lipinski definition) is 0. The molecule has 0 saturated carbocycles. The second kappa shape index (κ2) is 4.88. The number of halogens is 1. The molecule has 0 aliphatic carbocycles. The molecule has 0 spiro atoms. The largest absolute Gasteiger partial charge is 0.282 e. The maximum absolute atomic E-state index is 2.38. The van der Waals surface area contributed by atoms with Crippen molar-refractivity contribution < 1.29 is 0 Å². The highest BCUT2D eigenvalue weighted by Gasteiger charge is 2.09. The van der Waals surface area contributed by atoms with Crippen molar-refractivity contribution in [3.8, 4) is 11.1 Å². The molecule has 0 N–H and O–H groups in total. The minimum Gasteiger partial charge on any atom is -0.282 e. The van der Waals surface area contributed by atoms with Gasteiger partial charge in [0.2, 0.25) is 0 Å². The Balaban J connectivity index is 2.01. The van der Waals surface area contributed by atoms with E-state index in [2.05, 4.69) is 99.3 Å². The van der Waals surface area contributed by atoms with Crippen LogP contribution >= 0.6 is 22.9 Å². The molecule has 21 heavy (non-hydrogen) atoms. The number of rotatable bonds is 1. The molecular formula is C19H14IN. The third kappa shape index (κ3) is 2.05. The lowest BCUT2D eigenvalue weighted by Gasteiger charge is -2.03. The second-order valence-corrected chi connectivity index (χ2v) is 6.36. The summed E-state index contributed by atoms with van der Waals surface area (Å²) < 4.78 is 2.24. The van der Waals surface area contributed by atoms with E-state index in [9.17, 15) is 0 Å². The lowest BCUT2D eigenvalue weighted by Crippen LogP contribution is -1.80. The molecule has 0 unspecified atom stereocenters. The fourth-order valence-corrected chi connectivity index (χ4v) is 3.69. The second-order valence-electron chi connectivity index (χ2n) is 5.40. The van der Waals surface area contributed by atoms with E-state index in [0.29, 0.717) is 0 Å². The predicted octanol–water partition coefficient (Wildman–Crippen LogP) is 5.97. The van der Waals surface area contributed by atoms with Crippen molar-refractivity contribution >= 4 is 44.7 Å². The van der Waals surface area contributed by atoms with Crippen molar-refractivity contribution in [3.63, 3.8) is 0 Å². The molecule has 2 heteroatoms. The smallest absolute Gasteiger partial charge is 0.0646 e. The number of nitrogens with zero attached hydrogens (tertiary/aromatic N) is 1. The monoisotopic (exact) mass is 383 g/mol. The van der Waals surface area contributed by atoms with Crippen molar-refractivity contribution in [3.05, 3.63) is 72.3 Å². The van der Waals surface area contributed by atoms with Crippen molar-refractivity contribution in [1.29, 1.82) is 0 Å². The summed E-state index contributed by atoms with van der Waals surface area (Å²) in [4.78, 5) is 0. The lowest BCUT2D eigenvalue weighted by molar-refractivity contribution is 1.47. The first-order valence-corrected chi connectivity index (χ1v) is 7.97. The standard InChI is InChI=1S/C19H14IN/c1-13-6-8-14(9-7-13)15-10-11-19-17(12-15)16-4-2-3-5-18(16)21(19)20/h2-12H,1H3. The average Bonchev–Trinajstić information content (AvgIpc) is 2.81. The van der Waals surface area contributed by atoms with Crippen molar-refractivity contribution in [1.82, 2.24) is 2.78 Å². The van der Waals surface area contributed by atoms with Crippen LogP contribution in [-0.2, 0) is 0 Å². The van der Waals surface area contributed by atoms with Gasteiger partial charge in [0.05, 0.1) is 33.9 Å². The van der Waals surface area contributed by atoms with Crippen LogP contribution in [0, 0.1) is 6.92 Å². The lowest BCUT2D eigenvalue weighted by atomic mass is 10.0. The Morgan fingerprint density at radius 1 is 0.714 bits per heavy atom. The number of para-hydroxylation sites is 1. The van der Waals surface area contributed by atoms with E-state index in [4.69, 9.17) is 0 Å². The molecule has 0 atom stereocenters. The maximum atomic E-state index is 2.38. The van der Waals surface area contributed by atoms with Crippen molar-refractivity contribution in [2.75, 3.05) is 0 Å². The topological polar surface area (TPSA) is 4.93 Å². The molecule has 0 radical (unpaired) electrons. The third-order valence-corrected chi connectivity index (χ3v) is 5.04. The Labute approximate surface area is 137 Å². The molecule has 0 aliphatic heterocycles. The van der Waals surface area contributed by atoms with E-state index in [1.807, 2.05) is 0 Å². The molecule has 0 bridgehead atoms. The summed E-state index contributed by atoms with van der Waals surface area (Å²) in [5.41, 5.74) is 6.38. The first-order valence-electron chi connectivity index (χ1n) is 7.00. The van der Waals surface area contributed by atoms with Crippen LogP contribution in [0.2, 0.25) is 0 Å². The maximum Gasteiger partial charge on any atom is 0.0646 e. The number of fused-ring (bicyclic) bond motifs is 3. The molecule has 1 nitrogen and oxygen atoms in total. The van der Waals surface area contributed by atoms with Gasteiger partial charge < -0.3 is 0 Å². The first-order chi connectivity index (χ1) is 10.2. The SMILES string of the molecule is Cc1ccc(-c2ccc3c(c2)c2ccccc2n3I)cc1. The van der Waals surface area contributed by atoms with E-state index in [1.54, 1.807) is 0 Å².